The molecule has 0 unspecified atom stereocenters. The number of hydrogen-bond acceptors (Lipinski definition) is 2. The first-order valence-electron chi connectivity index (χ1n) is 7.18. The first-order chi connectivity index (χ1) is 8.22. The summed E-state index contributed by atoms with van der Waals surface area (Å²) in [5.74, 6) is 0.451. The van der Waals surface area contributed by atoms with Crippen LogP contribution >= 0.6 is 12.4 Å². The summed E-state index contributed by atoms with van der Waals surface area (Å²) < 4.78 is 0. The zero-order chi connectivity index (χ0) is 12.3. The molecule has 2 rings (SSSR count). The molecule has 0 aromatic rings. The van der Waals surface area contributed by atoms with Crippen LogP contribution in [-0.4, -0.2) is 37.0 Å². The van der Waals surface area contributed by atoms with Gasteiger partial charge in [-0.25, -0.2) is 0 Å². The van der Waals surface area contributed by atoms with Crippen molar-refractivity contribution in [1.29, 1.82) is 0 Å². The van der Waals surface area contributed by atoms with Crippen molar-refractivity contribution in [2.45, 2.75) is 57.9 Å². The molecule has 1 amide bonds. The van der Waals surface area contributed by atoms with Gasteiger partial charge in [0, 0.05) is 24.5 Å². The fourth-order valence-corrected chi connectivity index (χ4v) is 3.48. The largest absolute Gasteiger partial charge is 0.342 e. The molecule has 2 aliphatic rings. The van der Waals surface area contributed by atoms with Crippen LogP contribution in [-0.2, 0) is 4.79 Å². The Morgan fingerprint density at radius 3 is 2.28 bits per heavy atom. The van der Waals surface area contributed by atoms with Crippen molar-refractivity contribution in [2.24, 2.45) is 5.41 Å². The summed E-state index contributed by atoms with van der Waals surface area (Å²) in [6, 6.07) is 0.611. The molecule has 1 saturated heterocycles. The Balaban J connectivity index is 0.00000162. The van der Waals surface area contributed by atoms with Crippen LogP contribution in [0.25, 0.3) is 0 Å². The fraction of sp³-hybridized carbons (Fsp3) is 0.929. The molecule has 0 atom stereocenters. The van der Waals surface area contributed by atoms with Crippen molar-refractivity contribution in [3.05, 3.63) is 0 Å². The highest BCUT2D eigenvalue weighted by Gasteiger charge is 2.42. The maximum absolute atomic E-state index is 12.7. The highest BCUT2D eigenvalue weighted by molar-refractivity contribution is 5.85. The Bertz CT molecular complexity index is 269. The molecule has 1 aliphatic heterocycles. The van der Waals surface area contributed by atoms with Crippen LogP contribution in [0.2, 0.25) is 0 Å². The van der Waals surface area contributed by atoms with Gasteiger partial charge in [-0.1, -0.05) is 19.8 Å². The van der Waals surface area contributed by atoms with Crippen molar-refractivity contribution < 1.29 is 4.79 Å². The van der Waals surface area contributed by atoms with Gasteiger partial charge in [-0.05, 0) is 39.2 Å². The van der Waals surface area contributed by atoms with E-state index in [4.69, 9.17) is 0 Å². The Morgan fingerprint density at radius 1 is 1.28 bits per heavy atom. The minimum Gasteiger partial charge on any atom is -0.342 e. The number of carbonyl (C=O) groups excluding carboxylic acids is 1. The number of nitrogens with one attached hydrogen (secondary N) is 1. The van der Waals surface area contributed by atoms with Crippen LogP contribution in [0.3, 0.4) is 0 Å². The van der Waals surface area contributed by atoms with Gasteiger partial charge in [-0.15, -0.1) is 12.4 Å². The molecule has 1 heterocycles. The molecule has 1 aliphatic carbocycles. The average Bonchev–Trinajstić information content (AvgIpc) is 2.88. The molecule has 2 fully saturated rings. The molecule has 1 saturated carbocycles. The lowest BCUT2D eigenvalue weighted by Gasteiger charge is -2.38. The van der Waals surface area contributed by atoms with Gasteiger partial charge in [0.15, 0.2) is 0 Å². The summed E-state index contributed by atoms with van der Waals surface area (Å²) in [5.41, 5.74) is 0.00643. The fourth-order valence-electron chi connectivity index (χ4n) is 3.48. The number of nitrogens with zero attached hydrogens (tertiary/aromatic N) is 1. The van der Waals surface area contributed by atoms with Gasteiger partial charge in [-0.3, -0.25) is 4.79 Å². The van der Waals surface area contributed by atoms with Gasteiger partial charge in [0.2, 0.25) is 5.91 Å². The van der Waals surface area contributed by atoms with E-state index in [2.05, 4.69) is 17.1 Å². The van der Waals surface area contributed by atoms with E-state index in [1.165, 1.54) is 12.8 Å². The second kappa shape index (κ2) is 6.76. The Hall–Kier alpha value is -0.280. The predicted molar refractivity (Wildman–Crippen MR) is 77.1 cm³/mol. The monoisotopic (exact) mass is 274 g/mol. The van der Waals surface area contributed by atoms with E-state index in [0.717, 1.165) is 45.2 Å². The van der Waals surface area contributed by atoms with Crippen molar-refractivity contribution in [3.63, 3.8) is 0 Å². The van der Waals surface area contributed by atoms with E-state index in [-0.39, 0.29) is 17.8 Å². The van der Waals surface area contributed by atoms with Gasteiger partial charge in [0.05, 0.1) is 0 Å². The maximum atomic E-state index is 12.7. The van der Waals surface area contributed by atoms with Crippen molar-refractivity contribution in [1.82, 2.24) is 10.2 Å². The number of hydrogen-bond donors (Lipinski definition) is 1. The SMILES string of the molecule is CCC1(C(=O)N2CCC(NC)CC2)CCCC1.Cl. The van der Waals surface area contributed by atoms with E-state index in [0.29, 0.717) is 11.9 Å². The lowest BCUT2D eigenvalue weighted by Crippen LogP contribution is -2.49. The zero-order valence-corrected chi connectivity index (χ0v) is 12.5. The molecule has 106 valence electrons. The molecule has 3 nitrogen and oxygen atoms in total. The third-order valence-electron chi connectivity index (χ3n) is 4.88. The highest BCUT2D eigenvalue weighted by atomic mass is 35.5. The number of carbonyl (C=O) groups is 1. The van der Waals surface area contributed by atoms with Gasteiger partial charge in [0.1, 0.15) is 0 Å². The first-order valence-corrected chi connectivity index (χ1v) is 7.18. The number of likely N-dealkylation sites (tertiary alicyclic amines) is 1. The molecule has 0 bridgehead atoms. The molecule has 0 radical (unpaired) electrons. The third-order valence-corrected chi connectivity index (χ3v) is 4.88. The van der Waals surface area contributed by atoms with Crippen LogP contribution in [0.15, 0.2) is 0 Å². The minimum absolute atomic E-state index is 0. The van der Waals surface area contributed by atoms with Crippen LogP contribution in [0.5, 0.6) is 0 Å². The van der Waals surface area contributed by atoms with E-state index in [1.807, 2.05) is 7.05 Å². The van der Waals surface area contributed by atoms with E-state index in [1.54, 1.807) is 0 Å². The third kappa shape index (κ3) is 3.00. The summed E-state index contributed by atoms with van der Waals surface area (Å²) in [5, 5.41) is 3.32. The van der Waals surface area contributed by atoms with Crippen LogP contribution in [0.4, 0.5) is 0 Å². The first kappa shape index (κ1) is 15.8. The topological polar surface area (TPSA) is 32.3 Å². The summed E-state index contributed by atoms with van der Waals surface area (Å²) in [7, 11) is 2.02. The predicted octanol–water partition coefficient (Wildman–Crippen LogP) is 2.59. The van der Waals surface area contributed by atoms with Crippen molar-refractivity contribution in [3.8, 4) is 0 Å². The molecule has 0 aromatic heterocycles. The van der Waals surface area contributed by atoms with Gasteiger partial charge >= 0.3 is 0 Å². The molecular weight excluding hydrogens is 248 g/mol. The summed E-state index contributed by atoms with van der Waals surface area (Å²) >= 11 is 0. The van der Waals surface area contributed by atoms with Gasteiger partial charge < -0.3 is 10.2 Å². The lowest BCUT2D eigenvalue weighted by molar-refractivity contribution is -0.143. The van der Waals surface area contributed by atoms with Crippen LogP contribution in [0, 0.1) is 5.41 Å². The van der Waals surface area contributed by atoms with E-state index in [9.17, 15) is 4.79 Å². The van der Waals surface area contributed by atoms with E-state index >= 15 is 0 Å². The smallest absolute Gasteiger partial charge is 0.228 e. The quantitative estimate of drug-likeness (QED) is 0.858. The molecule has 1 N–H and O–H groups in total. The van der Waals surface area contributed by atoms with Crippen LogP contribution < -0.4 is 5.32 Å². The average molecular weight is 275 g/mol. The van der Waals surface area contributed by atoms with E-state index < -0.39 is 0 Å². The molecule has 0 spiro atoms. The summed E-state index contributed by atoms with van der Waals surface area (Å²) in [6.45, 7) is 4.09. The van der Waals surface area contributed by atoms with Crippen molar-refractivity contribution in [2.75, 3.05) is 20.1 Å². The maximum Gasteiger partial charge on any atom is 0.228 e. The molecular formula is C14H27ClN2O. The minimum atomic E-state index is 0. The Kier molecular flexibility index (Phi) is 5.93. The second-order valence-corrected chi connectivity index (χ2v) is 5.70. The summed E-state index contributed by atoms with van der Waals surface area (Å²) in [6.07, 6.45) is 7.98. The van der Waals surface area contributed by atoms with Crippen molar-refractivity contribution >= 4 is 18.3 Å². The van der Waals surface area contributed by atoms with Gasteiger partial charge in [0.25, 0.3) is 0 Å². The Morgan fingerprint density at radius 2 is 1.83 bits per heavy atom. The summed E-state index contributed by atoms with van der Waals surface area (Å²) in [4.78, 5) is 14.8. The highest BCUT2D eigenvalue weighted by Crippen LogP contribution is 2.42. The number of amides is 1. The standard InChI is InChI=1S/C14H26N2O.ClH/c1-3-14(8-4-5-9-14)13(17)16-10-6-12(15-2)7-11-16;/h12,15H,3-11H2,1-2H3;1H. The number of rotatable bonds is 3. The normalized spacial score (nSPS) is 23.8. The molecule has 4 heteroatoms. The zero-order valence-electron chi connectivity index (χ0n) is 11.7. The van der Waals surface area contributed by atoms with Crippen LogP contribution in [0.1, 0.15) is 51.9 Å². The molecule has 18 heavy (non-hydrogen) atoms. The molecule has 0 aromatic carbocycles. The number of piperidine rings is 1. The number of halogens is 1. The second-order valence-electron chi connectivity index (χ2n) is 5.70. The lowest BCUT2D eigenvalue weighted by atomic mass is 9.81. The Labute approximate surface area is 117 Å². The van der Waals surface area contributed by atoms with Gasteiger partial charge in [-0.2, -0.15) is 0 Å².